The molecule has 1 heterocycles. The smallest absolute Gasteiger partial charge is 0.0693 e. The maximum Gasteiger partial charge on any atom is 0.0693 e. The first-order valence-electron chi connectivity index (χ1n) is 5.20. The minimum absolute atomic E-state index is 0.121. The largest absolute Gasteiger partial charge is 0.392 e. The van der Waals surface area contributed by atoms with Crippen molar-refractivity contribution >= 4 is 11.6 Å². The van der Waals surface area contributed by atoms with E-state index in [-0.39, 0.29) is 6.10 Å². The van der Waals surface area contributed by atoms with Crippen molar-refractivity contribution in [1.29, 1.82) is 0 Å². The quantitative estimate of drug-likeness (QED) is 0.558. The SMILES string of the molecule is CC1CCN(CCCCCl)CC1O. The Kier molecular flexibility index (Phi) is 5.07. The van der Waals surface area contributed by atoms with Gasteiger partial charge in [0.1, 0.15) is 0 Å². The Morgan fingerprint density at radius 3 is 2.85 bits per heavy atom. The molecule has 3 heteroatoms. The number of rotatable bonds is 4. The molecule has 1 saturated heterocycles. The van der Waals surface area contributed by atoms with Gasteiger partial charge < -0.3 is 10.0 Å². The van der Waals surface area contributed by atoms with Gasteiger partial charge in [-0.3, -0.25) is 0 Å². The van der Waals surface area contributed by atoms with Crippen molar-refractivity contribution < 1.29 is 5.11 Å². The van der Waals surface area contributed by atoms with Crippen LogP contribution in [0.15, 0.2) is 0 Å². The molecule has 78 valence electrons. The summed E-state index contributed by atoms with van der Waals surface area (Å²) in [6, 6.07) is 0. The van der Waals surface area contributed by atoms with Crippen LogP contribution in [0.5, 0.6) is 0 Å². The molecule has 1 N–H and O–H groups in total. The molecule has 0 saturated carbocycles. The molecule has 13 heavy (non-hydrogen) atoms. The predicted octanol–water partition coefficient (Wildman–Crippen LogP) is 1.71. The number of aliphatic hydroxyl groups is 1. The van der Waals surface area contributed by atoms with E-state index < -0.39 is 0 Å². The zero-order chi connectivity index (χ0) is 9.68. The van der Waals surface area contributed by atoms with Crippen LogP contribution in [0.2, 0.25) is 0 Å². The fourth-order valence-electron chi connectivity index (χ4n) is 1.75. The van der Waals surface area contributed by atoms with Crippen molar-refractivity contribution in [3.63, 3.8) is 0 Å². The monoisotopic (exact) mass is 205 g/mol. The van der Waals surface area contributed by atoms with Gasteiger partial charge in [-0.2, -0.15) is 0 Å². The summed E-state index contributed by atoms with van der Waals surface area (Å²) >= 11 is 5.60. The summed E-state index contributed by atoms with van der Waals surface area (Å²) in [5, 5.41) is 9.64. The lowest BCUT2D eigenvalue weighted by Gasteiger charge is -2.34. The van der Waals surface area contributed by atoms with Crippen molar-refractivity contribution in [3.8, 4) is 0 Å². The number of piperidine rings is 1. The second kappa shape index (κ2) is 5.84. The molecule has 0 amide bonds. The average Bonchev–Trinajstić information content (AvgIpc) is 2.12. The molecule has 1 aliphatic heterocycles. The lowest BCUT2D eigenvalue weighted by molar-refractivity contribution is 0.0288. The Morgan fingerprint density at radius 2 is 2.23 bits per heavy atom. The molecule has 1 aliphatic rings. The van der Waals surface area contributed by atoms with Crippen LogP contribution in [-0.4, -0.2) is 41.6 Å². The number of unbranched alkanes of at least 4 members (excludes halogenated alkanes) is 1. The summed E-state index contributed by atoms with van der Waals surface area (Å²) in [5.74, 6) is 1.23. The van der Waals surface area contributed by atoms with Crippen LogP contribution >= 0.6 is 11.6 Å². The zero-order valence-corrected chi connectivity index (χ0v) is 9.13. The average molecular weight is 206 g/mol. The Labute approximate surface area is 85.9 Å². The van der Waals surface area contributed by atoms with Crippen LogP contribution in [0.25, 0.3) is 0 Å². The minimum atomic E-state index is -0.121. The lowest BCUT2D eigenvalue weighted by atomic mass is 9.96. The second-order valence-corrected chi connectivity index (χ2v) is 4.41. The van der Waals surface area contributed by atoms with Gasteiger partial charge >= 0.3 is 0 Å². The van der Waals surface area contributed by atoms with Gasteiger partial charge in [-0.1, -0.05) is 6.92 Å². The molecule has 0 aromatic rings. The number of hydrogen-bond donors (Lipinski definition) is 1. The number of hydrogen-bond acceptors (Lipinski definition) is 2. The van der Waals surface area contributed by atoms with E-state index in [0.29, 0.717) is 5.92 Å². The highest BCUT2D eigenvalue weighted by Crippen LogP contribution is 2.17. The van der Waals surface area contributed by atoms with Crippen LogP contribution in [0.1, 0.15) is 26.2 Å². The second-order valence-electron chi connectivity index (χ2n) is 4.03. The summed E-state index contributed by atoms with van der Waals surface area (Å²) in [7, 11) is 0. The number of halogens is 1. The van der Waals surface area contributed by atoms with E-state index in [1.165, 1.54) is 0 Å². The fourth-order valence-corrected chi connectivity index (χ4v) is 1.94. The topological polar surface area (TPSA) is 23.5 Å². The van der Waals surface area contributed by atoms with Gasteiger partial charge in [-0.25, -0.2) is 0 Å². The highest BCUT2D eigenvalue weighted by molar-refractivity contribution is 6.17. The van der Waals surface area contributed by atoms with Gasteiger partial charge in [0.15, 0.2) is 0 Å². The molecule has 1 fully saturated rings. The van der Waals surface area contributed by atoms with Gasteiger partial charge in [-0.05, 0) is 38.3 Å². The van der Waals surface area contributed by atoms with E-state index >= 15 is 0 Å². The van der Waals surface area contributed by atoms with E-state index in [0.717, 1.165) is 44.8 Å². The molecule has 0 aromatic heterocycles. The molecule has 0 radical (unpaired) electrons. The van der Waals surface area contributed by atoms with Crippen molar-refractivity contribution in [2.24, 2.45) is 5.92 Å². The van der Waals surface area contributed by atoms with Crippen LogP contribution in [0.3, 0.4) is 0 Å². The zero-order valence-electron chi connectivity index (χ0n) is 8.38. The molecular formula is C10H20ClNO. The standard InChI is InChI=1S/C10H20ClNO/c1-9-4-7-12(8-10(9)13)6-3-2-5-11/h9-10,13H,2-8H2,1H3. The van der Waals surface area contributed by atoms with Crippen molar-refractivity contribution in [3.05, 3.63) is 0 Å². The van der Waals surface area contributed by atoms with Crippen LogP contribution in [-0.2, 0) is 0 Å². The molecule has 1 rings (SSSR count). The predicted molar refractivity (Wildman–Crippen MR) is 56.2 cm³/mol. The highest BCUT2D eigenvalue weighted by Gasteiger charge is 2.23. The number of aliphatic hydroxyl groups excluding tert-OH is 1. The fraction of sp³-hybridized carbons (Fsp3) is 1.00. The van der Waals surface area contributed by atoms with Gasteiger partial charge in [0.05, 0.1) is 6.10 Å². The molecule has 2 atom stereocenters. The Bertz CT molecular complexity index is 143. The molecule has 0 spiro atoms. The lowest BCUT2D eigenvalue weighted by Crippen LogP contribution is -2.43. The first-order valence-corrected chi connectivity index (χ1v) is 5.74. The third-order valence-electron chi connectivity index (χ3n) is 2.86. The Morgan fingerprint density at radius 1 is 1.46 bits per heavy atom. The van der Waals surface area contributed by atoms with Crippen LogP contribution in [0.4, 0.5) is 0 Å². The summed E-state index contributed by atoms with van der Waals surface area (Å²) in [6.07, 6.45) is 3.25. The Balaban J connectivity index is 2.14. The van der Waals surface area contributed by atoms with Crippen LogP contribution < -0.4 is 0 Å². The van der Waals surface area contributed by atoms with E-state index in [9.17, 15) is 5.11 Å². The number of alkyl halides is 1. The van der Waals surface area contributed by atoms with Gasteiger partial charge in [-0.15, -0.1) is 11.6 Å². The van der Waals surface area contributed by atoms with Crippen LogP contribution in [0, 0.1) is 5.92 Å². The van der Waals surface area contributed by atoms with Crippen molar-refractivity contribution in [1.82, 2.24) is 4.90 Å². The maximum atomic E-state index is 9.64. The number of nitrogens with zero attached hydrogens (tertiary/aromatic N) is 1. The number of likely N-dealkylation sites (tertiary alicyclic amines) is 1. The molecule has 0 aromatic carbocycles. The summed E-state index contributed by atoms with van der Waals surface area (Å²) in [5.41, 5.74) is 0. The first-order chi connectivity index (χ1) is 6.24. The third kappa shape index (κ3) is 3.84. The molecule has 0 aliphatic carbocycles. The Hall–Kier alpha value is 0.210. The first kappa shape index (κ1) is 11.3. The number of β-amino-alcohol motifs (C(OH)–C–C–N with tert-alkyl or cyclic N) is 1. The third-order valence-corrected chi connectivity index (χ3v) is 3.13. The van der Waals surface area contributed by atoms with Gasteiger partial charge in [0.25, 0.3) is 0 Å². The molecular weight excluding hydrogens is 186 g/mol. The van der Waals surface area contributed by atoms with Crippen molar-refractivity contribution in [2.75, 3.05) is 25.5 Å². The molecule has 2 unspecified atom stereocenters. The van der Waals surface area contributed by atoms with Crippen molar-refractivity contribution in [2.45, 2.75) is 32.3 Å². The summed E-state index contributed by atoms with van der Waals surface area (Å²) < 4.78 is 0. The van der Waals surface area contributed by atoms with Gasteiger partial charge in [0.2, 0.25) is 0 Å². The van der Waals surface area contributed by atoms with E-state index in [4.69, 9.17) is 11.6 Å². The maximum absolute atomic E-state index is 9.64. The molecule has 0 bridgehead atoms. The minimum Gasteiger partial charge on any atom is -0.392 e. The highest BCUT2D eigenvalue weighted by atomic mass is 35.5. The normalized spacial score (nSPS) is 30.7. The van der Waals surface area contributed by atoms with E-state index in [2.05, 4.69) is 11.8 Å². The molecule has 2 nitrogen and oxygen atoms in total. The van der Waals surface area contributed by atoms with Gasteiger partial charge in [0, 0.05) is 12.4 Å². The summed E-state index contributed by atoms with van der Waals surface area (Å²) in [4.78, 5) is 2.34. The van der Waals surface area contributed by atoms with E-state index in [1.54, 1.807) is 0 Å². The van der Waals surface area contributed by atoms with E-state index in [1.807, 2.05) is 0 Å². The summed E-state index contributed by atoms with van der Waals surface area (Å²) in [6.45, 7) is 5.21.